The molecule has 1 unspecified atom stereocenters. The molecule has 2 heterocycles. The normalized spacial score (nSPS) is 14.3. The first kappa shape index (κ1) is 28.8. The molecule has 0 saturated carbocycles. The van der Waals surface area contributed by atoms with Crippen LogP contribution in [-0.2, 0) is 30.5 Å². The Kier molecular flexibility index (Phi) is 8.56. The second kappa shape index (κ2) is 12.5. The highest BCUT2D eigenvalue weighted by Crippen LogP contribution is 2.30. The van der Waals surface area contributed by atoms with E-state index in [0.29, 0.717) is 49.3 Å². The lowest BCUT2D eigenvalue weighted by atomic mass is 10.0. The number of halogens is 2. The van der Waals surface area contributed by atoms with Gasteiger partial charge in [-0.2, -0.15) is 0 Å². The molecule has 214 valence electrons. The van der Waals surface area contributed by atoms with Crippen molar-refractivity contribution in [1.82, 2.24) is 0 Å². The molecule has 1 aliphatic heterocycles. The number of amides is 1. The predicted molar refractivity (Wildman–Crippen MR) is 155 cm³/mol. The molecule has 42 heavy (non-hydrogen) atoms. The molecule has 1 aromatic heterocycles. The number of carbonyl (C=O) groups is 3. The lowest BCUT2D eigenvalue weighted by Gasteiger charge is -2.13. The largest absolute Gasteiger partial charge is 0.497 e. The number of carbonyl (C=O) groups excluding carboxylic acids is 3. The Morgan fingerprint density at radius 2 is 1.74 bits per heavy atom. The number of benzene rings is 3. The first-order valence-electron chi connectivity index (χ1n) is 12.6. The zero-order valence-corrected chi connectivity index (χ0v) is 23.5. The molecule has 0 radical (unpaired) electrons. The SMILES string of the molecule is COc1ccc2c(COC(=O)CCC(=O)OC3N=C(c4ccccc4Cl)c4cc(Cl)ccc4NC3=O)cc(=O)oc2c1. The van der Waals surface area contributed by atoms with Crippen molar-refractivity contribution >= 4 is 63.4 Å². The molecule has 0 fully saturated rings. The Balaban J connectivity index is 1.26. The monoisotopic (exact) mass is 608 g/mol. The molecule has 10 nitrogen and oxygen atoms in total. The maximum absolute atomic E-state index is 12.9. The van der Waals surface area contributed by atoms with Gasteiger partial charge in [0.15, 0.2) is 0 Å². The molecule has 3 aromatic carbocycles. The number of anilines is 1. The topological polar surface area (TPSA) is 134 Å². The highest BCUT2D eigenvalue weighted by atomic mass is 35.5. The fourth-order valence-corrected chi connectivity index (χ4v) is 4.68. The maximum atomic E-state index is 12.9. The van der Waals surface area contributed by atoms with Crippen molar-refractivity contribution in [3.63, 3.8) is 0 Å². The van der Waals surface area contributed by atoms with E-state index in [1.165, 1.54) is 13.2 Å². The molecule has 1 aliphatic rings. The van der Waals surface area contributed by atoms with Crippen molar-refractivity contribution in [3.8, 4) is 5.75 Å². The minimum Gasteiger partial charge on any atom is -0.497 e. The smallest absolute Gasteiger partial charge is 0.336 e. The van der Waals surface area contributed by atoms with Crippen LogP contribution in [0.1, 0.15) is 29.5 Å². The van der Waals surface area contributed by atoms with Gasteiger partial charge in [-0.25, -0.2) is 9.79 Å². The van der Waals surface area contributed by atoms with E-state index < -0.39 is 29.7 Å². The number of methoxy groups -OCH3 is 1. The van der Waals surface area contributed by atoms with E-state index in [9.17, 15) is 19.2 Å². The number of benzodiazepines with no additional fused rings is 1. The van der Waals surface area contributed by atoms with E-state index in [1.807, 2.05) is 0 Å². The van der Waals surface area contributed by atoms with Crippen LogP contribution in [0, 0.1) is 0 Å². The van der Waals surface area contributed by atoms with Gasteiger partial charge in [-0.3, -0.25) is 14.4 Å². The summed E-state index contributed by atoms with van der Waals surface area (Å²) in [5.41, 5.74) is 1.79. The number of rotatable bonds is 8. The summed E-state index contributed by atoms with van der Waals surface area (Å²) in [5, 5.41) is 4.03. The molecule has 12 heteroatoms. The first-order valence-corrected chi connectivity index (χ1v) is 13.4. The Morgan fingerprint density at radius 3 is 2.52 bits per heavy atom. The fourth-order valence-electron chi connectivity index (χ4n) is 4.28. The molecule has 0 saturated heterocycles. The minimum absolute atomic E-state index is 0.223. The van der Waals surface area contributed by atoms with Crippen molar-refractivity contribution in [3.05, 3.63) is 104 Å². The van der Waals surface area contributed by atoms with Gasteiger partial charge < -0.3 is 23.9 Å². The van der Waals surface area contributed by atoms with E-state index >= 15 is 0 Å². The van der Waals surface area contributed by atoms with Crippen LogP contribution in [0.5, 0.6) is 5.75 Å². The van der Waals surface area contributed by atoms with E-state index in [2.05, 4.69) is 10.3 Å². The molecule has 1 atom stereocenters. The lowest BCUT2D eigenvalue weighted by molar-refractivity contribution is -0.156. The quantitative estimate of drug-likeness (QED) is 0.211. The number of nitrogens with zero attached hydrogens (tertiary/aromatic N) is 1. The van der Waals surface area contributed by atoms with Crippen molar-refractivity contribution in [1.29, 1.82) is 0 Å². The number of fused-ring (bicyclic) bond motifs is 2. The summed E-state index contributed by atoms with van der Waals surface area (Å²) in [7, 11) is 1.48. The molecular weight excluding hydrogens is 587 g/mol. The maximum Gasteiger partial charge on any atom is 0.336 e. The molecule has 0 aliphatic carbocycles. The van der Waals surface area contributed by atoms with Crippen LogP contribution in [0.4, 0.5) is 5.69 Å². The Bertz CT molecular complexity index is 1800. The third-order valence-corrected chi connectivity index (χ3v) is 6.86. The molecule has 4 aromatic rings. The average Bonchev–Trinajstić information content (AvgIpc) is 3.10. The summed E-state index contributed by atoms with van der Waals surface area (Å²) in [4.78, 5) is 54.4. The highest BCUT2D eigenvalue weighted by molar-refractivity contribution is 6.37. The van der Waals surface area contributed by atoms with Gasteiger partial charge in [-0.05, 0) is 36.4 Å². The average molecular weight is 609 g/mol. The third-order valence-electron chi connectivity index (χ3n) is 6.30. The Morgan fingerprint density at radius 1 is 0.952 bits per heavy atom. The molecule has 0 spiro atoms. The van der Waals surface area contributed by atoms with Gasteiger partial charge in [0, 0.05) is 44.3 Å². The standard InChI is InChI=1S/C30H22Cl2N2O8/c1-39-18-7-8-19-16(12-27(37)41-24(19)14-18)15-40-25(35)10-11-26(36)42-30-29(38)33-23-9-6-17(31)13-21(23)28(34-30)20-4-2-3-5-22(20)32/h2-9,12-14,30H,10-11,15H2,1H3,(H,33,38). The Labute approximate surface area is 248 Å². The van der Waals surface area contributed by atoms with Crippen LogP contribution in [0.2, 0.25) is 10.0 Å². The molecule has 1 amide bonds. The van der Waals surface area contributed by atoms with Gasteiger partial charge in [0.25, 0.3) is 12.1 Å². The van der Waals surface area contributed by atoms with Gasteiger partial charge in [0.1, 0.15) is 17.9 Å². The first-order chi connectivity index (χ1) is 20.2. The zero-order valence-electron chi connectivity index (χ0n) is 22.0. The van der Waals surface area contributed by atoms with Gasteiger partial charge in [-0.15, -0.1) is 0 Å². The van der Waals surface area contributed by atoms with Crippen LogP contribution in [-0.4, -0.2) is 36.9 Å². The minimum atomic E-state index is -1.56. The van der Waals surface area contributed by atoms with E-state index in [4.69, 9.17) is 41.8 Å². The molecule has 1 N–H and O–H groups in total. The Hall–Kier alpha value is -4.67. The molecule has 5 rings (SSSR count). The van der Waals surface area contributed by atoms with Crippen LogP contribution in [0.3, 0.4) is 0 Å². The van der Waals surface area contributed by atoms with Crippen LogP contribution in [0.25, 0.3) is 11.0 Å². The van der Waals surface area contributed by atoms with Crippen LogP contribution < -0.4 is 15.7 Å². The summed E-state index contributed by atoms with van der Waals surface area (Å²) < 4.78 is 21.0. The summed E-state index contributed by atoms with van der Waals surface area (Å²) in [6, 6.07) is 17.8. The number of nitrogens with one attached hydrogen (secondary N) is 1. The number of aliphatic imine (C=N–C) groups is 1. The van der Waals surface area contributed by atoms with Crippen LogP contribution >= 0.6 is 23.2 Å². The summed E-state index contributed by atoms with van der Waals surface area (Å²) in [5.74, 6) is -1.76. The second-order valence-corrected chi connectivity index (χ2v) is 9.94. The van der Waals surface area contributed by atoms with Gasteiger partial charge in [0.05, 0.1) is 31.4 Å². The van der Waals surface area contributed by atoms with Crippen molar-refractivity contribution in [2.24, 2.45) is 4.99 Å². The van der Waals surface area contributed by atoms with Crippen molar-refractivity contribution < 1.29 is 33.0 Å². The zero-order chi connectivity index (χ0) is 29.8. The van der Waals surface area contributed by atoms with Crippen molar-refractivity contribution in [2.45, 2.75) is 25.7 Å². The fraction of sp³-hybridized carbons (Fsp3) is 0.167. The van der Waals surface area contributed by atoms with E-state index in [1.54, 1.807) is 60.7 Å². The van der Waals surface area contributed by atoms with E-state index in [0.717, 1.165) is 0 Å². The lowest BCUT2D eigenvalue weighted by Crippen LogP contribution is -2.30. The van der Waals surface area contributed by atoms with Crippen LogP contribution in [0.15, 0.2) is 80.9 Å². The van der Waals surface area contributed by atoms with Gasteiger partial charge >= 0.3 is 17.6 Å². The van der Waals surface area contributed by atoms with E-state index in [-0.39, 0.29) is 25.0 Å². The number of hydrogen-bond donors (Lipinski definition) is 1. The highest BCUT2D eigenvalue weighted by Gasteiger charge is 2.30. The van der Waals surface area contributed by atoms with Gasteiger partial charge in [-0.1, -0.05) is 41.4 Å². The van der Waals surface area contributed by atoms with Crippen molar-refractivity contribution in [2.75, 3.05) is 12.4 Å². The summed E-state index contributed by atoms with van der Waals surface area (Å²) in [6.07, 6.45) is -2.28. The number of hydrogen-bond acceptors (Lipinski definition) is 9. The third kappa shape index (κ3) is 6.45. The molecular formula is C30H22Cl2N2O8. The number of esters is 2. The summed E-state index contributed by atoms with van der Waals surface area (Å²) in [6.45, 7) is -0.223. The predicted octanol–water partition coefficient (Wildman–Crippen LogP) is 5.29. The number of ether oxygens (including phenoxy) is 3. The summed E-state index contributed by atoms with van der Waals surface area (Å²) >= 11 is 12.6. The second-order valence-electron chi connectivity index (χ2n) is 9.09. The molecule has 0 bridgehead atoms. The van der Waals surface area contributed by atoms with Gasteiger partial charge in [0.2, 0.25) is 0 Å².